The largest absolute Gasteiger partial charge is 0.490 e. The summed E-state index contributed by atoms with van der Waals surface area (Å²) >= 11 is 6.03. The van der Waals surface area contributed by atoms with Gasteiger partial charge in [-0.25, -0.2) is 4.79 Å². The quantitative estimate of drug-likeness (QED) is 0.811. The highest BCUT2D eigenvalue weighted by Crippen LogP contribution is 2.37. The Morgan fingerprint density at radius 1 is 1.53 bits per heavy atom. The van der Waals surface area contributed by atoms with E-state index < -0.39 is 5.97 Å². The van der Waals surface area contributed by atoms with Crippen LogP contribution in [0.1, 0.15) is 12.5 Å². The first kappa shape index (κ1) is 14.9. The van der Waals surface area contributed by atoms with E-state index in [0.717, 1.165) is 6.08 Å². The first-order valence-electron chi connectivity index (χ1n) is 5.45. The van der Waals surface area contributed by atoms with Gasteiger partial charge in [-0.15, -0.1) is 0 Å². The highest BCUT2D eigenvalue weighted by atomic mass is 35.5. The van der Waals surface area contributed by atoms with Crippen LogP contribution in [-0.4, -0.2) is 24.3 Å². The fraction of sp³-hybridized carbons (Fsp3) is 0.231. The van der Waals surface area contributed by atoms with Crippen molar-refractivity contribution in [2.24, 2.45) is 0 Å². The van der Waals surface area contributed by atoms with Gasteiger partial charge in [0.15, 0.2) is 18.1 Å². The number of carboxylic acids is 1. The summed E-state index contributed by atoms with van der Waals surface area (Å²) in [6.07, 6.45) is 2.39. The zero-order valence-electron chi connectivity index (χ0n) is 10.2. The van der Waals surface area contributed by atoms with Crippen LogP contribution >= 0.6 is 11.6 Å². The zero-order valence-corrected chi connectivity index (χ0v) is 11.0. The molecule has 0 saturated carbocycles. The highest BCUT2D eigenvalue weighted by molar-refractivity contribution is 6.32. The highest BCUT2D eigenvalue weighted by Gasteiger charge is 2.11. The second kappa shape index (κ2) is 7.29. The molecule has 6 heteroatoms. The second-order valence-electron chi connectivity index (χ2n) is 3.38. The van der Waals surface area contributed by atoms with Gasteiger partial charge < -0.3 is 14.6 Å². The summed E-state index contributed by atoms with van der Waals surface area (Å²) in [4.78, 5) is 10.5. The summed E-state index contributed by atoms with van der Waals surface area (Å²) in [6.45, 7) is 2.04. The van der Waals surface area contributed by atoms with Crippen molar-refractivity contribution in [2.75, 3.05) is 13.2 Å². The average Bonchev–Trinajstić information content (AvgIpc) is 2.36. The van der Waals surface area contributed by atoms with Crippen LogP contribution in [0.5, 0.6) is 11.5 Å². The molecule has 0 aliphatic rings. The third-order valence-corrected chi connectivity index (χ3v) is 2.31. The molecule has 0 amide bonds. The minimum absolute atomic E-state index is 0.149. The molecule has 1 aromatic rings. The van der Waals surface area contributed by atoms with Crippen molar-refractivity contribution in [1.82, 2.24) is 0 Å². The van der Waals surface area contributed by atoms with Gasteiger partial charge in [-0.3, -0.25) is 0 Å². The number of carbonyl (C=O) groups is 1. The van der Waals surface area contributed by atoms with Crippen molar-refractivity contribution < 1.29 is 19.4 Å². The number of carboxylic acid groups (broad SMARTS) is 1. The molecule has 0 fully saturated rings. The van der Waals surface area contributed by atoms with Gasteiger partial charge in [-0.05, 0) is 30.7 Å². The van der Waals surface area contributed by atoms with E-state index >= 15 is 0 Å². The van der Waals surface area contributed by atoms with Gasteiger partial charge in [-0.1, -0.05) is 11.6 Å². The maximum absolute atomic E-state index is 10.5. The summed E-state index contributed by atoms with van der Waals surface area (Å²) in [5.41, 5.74) is 0.570. The van der Waals surface area contributed by atoms with Gasteiger partial charge in [0.05, 0.1) is 11.6 Å². The molecule has 0 saturated heterocycles. The van der Waals surface area contributed by atoms with Gasteiger partial charge in [0.25, 0.3) is 0 Å². The Balaban J connectivity index is 3.13. The molecule has 0 heterocycles. The lowest BCUT2D eigenvalue weighted by molar-refractivity contribution is -0.131. The van der Waals surface area contributed by atoms with Crippen molar-refractivity contribution in [3.05, 3.63) is 28.8 Å². The number of nitriles is 1. The fourth-order valence-corrected chi connectivity index (χ4v) is 1.63. The first-order valence-corrected chi connectivity index (χ1v) is 5.83. The number of ether oxygens (including phenoxy) is 2. The molecule has 1 rings (SSSR count). The first-order chi connectivity index (χ1) is 9.08. The molecule has 0 radical (unpaired) electrons. The van der Waals surface area contributed by atoms with Crippen LogP contribution in [0.2, 0.25) is 5.02 Å². The van der Waals surface area contributed by atoms with E-state index in [0.29, 0.717) is 17.9 Å². The standard InChI is InChI=1S/C13H12ClNO4/c1-2-18-11-8-9(3-4-12(16)17)7-10(14)13(11)19-6-5-15/h3-4,7-8H,2,6H2,1H3,(H,16,17). The Hall–Kier alpha value is -2.19. The van der Waals surface area contributed by atoms with Crippen LogP contribution in [-0.2, 0) is 4.79 Å². The van der Waals surface area contributed by atoms with Crippen LogP contribution in [0.3, 0.4) is 0 Å². The normalized spacial score (nSPS) is 10.2. The lowest BCUT2D eigenvalue weighted by Gasteiger charge is -2.12. The summed E-state index contributed by atoms with van der Waals surface area (Å²) in [5.74, 6) is -0.410. The lowest BCUT2D eigenvalue weighted by Crippen LogP contribution is -2.00. The lowest BCUT2D eigenvalue weighted by atomic mass is 10.2. The summed E-state index contributed by atoms with van der Waals surface area (Å²) in [6, 6.07) is 4.98. The summed E-state index contributed by atoms with van der Waals surface area (Å²) in [5, 5.41) is 17.3. The van der Waals surface area contributed by atoms with E-state index in [1.165, 1.54) is 12.1 Å². The number of hydrogen-bond donors (Lipinski definition) is 1. The van der Waals surface area contributed by atoms with E-state index in [9.17, 15) is 4.79 Å². The Morgan fingerprint density at radius 2 is 2.26 bits per heavy atom. The number of hydrogen-bond acceptors (Lipinski definition) is 4. The minimum Gasteiger partial charge on any atom is -0.490 e. The second-order valence-corrected chi connectivity index (χ2v) is 3.79. The topological polar surface area (TPSA) is 79.6 Å². The maximum atomic E-state index is 10.5. The molecule has 0 aromatic heterocycles. The number of nitrogens with zero attached hydrogens (tertiary/aromatic N) is 1. The predicted octanol–water partition coefficient (Wildman–Crippen LogP) is 2.74. The van der Waals surface area contributed by atoms with Gasteiger partial charge >= 0.3 is 5.97 Å². The monoisotopic (exact) mass is 281 g/mol. The minimum atomic E-state index is -1.06. The van der Waals surface area contributed by atoms with Crippen molar-refractivity contribution in [1.29, 1.82) is 5.26 Å². The van der Waals surface area contributed by atoms with Crippen molar-refractivity contribution >= 4 is 23.6 Å². The van der Waals surface area contributed by atoms with E-state index in [2.05, 4.69) is 0 Å². The smallest absolute Gasteiger partial charge is 0.328 e. The average molecular weight is 282 g/mol. The van der Waals surface area contributed by atoms with Crippen molar-refractivity contribution in [2.45, 2.75) is 6.92 Å². The zero-order chi connectivity index (χ0) is 14.3. The Morgan fingerprint density at radius 3 is 2.84 bits per heavy atom. The van der Waals surface area contributed by atoms with E-state index in [1.54, 1.807) is 13.0 Å². The third kappa shape index (κ3) is 4.53. The fourth-order valence-electron chi connectivity index (χ4n) is 1.36. The molecule has 0 aliphatic carbocycles. The molecule has 1 aromatic carbocycles. The van der Waals surface area contributed by atoms with Gasteiger partial charge in [0, 0.05) is 6.08 Å². The molecule has 19 heavy (non-hydrogen) atoms. The molecule has 0 bridgehead atoms. The van der Waals surface area contributed by atoms with Crippen LogP contribution < -0.4 is 9.47 Å². The Kier molecular flexibility index (Phi) is 5.71. The molecule has 5 nitrogen and oxygen atoms in total. The summed E-state index contributed by atoms with van der Waals surface area (Å²) < 4.78 is 10.6. The van der Waals surface area contributed by atoms with Crippen LogP contribution in [0.4, 0.5) is 0 Å². The molecular weight excluding hydrogens is 270 g/mol. The van der Waals surface area contributed by atoms with Crippen LogP contribution in [0.25, 0.3) is 6.08 Å². The Labute approximate surface area is 115 Å². The predicted molar refractivity (Wildman–Crippen MR) is 70.4 cm³/mol. The van der Waals surface area contributed by atoms with Crippen LogP contribution in [0, 0.1) is 11.3 Å². The van der Waals surface area contributed by atoms with E-state index in [4.69, 9.17) is 31.4 Å². The van der Waals surface area contributed by atoms with Crippen molar-refractivity contribution in [3.63, 3.8) is 0 Å². The number of benzene rings is 1. The van der Waals surface area contributed by atoms with Gasteiger partial charge in [0.2, 0.25) is 0 Å². The third-order valence-electron chi connectivity index (χ3n) is 2.03. The maximum Gasteiger partial charge on any atom is 0.328 e. The van der Waals surface area contributed by atoms with Gasteiger partial charge in [-0.2, -0.15) is 5.26 Å². The number of rotatable bonds is 6. The molecule has 0 unspecified atom stereocenters. The molecule has 0 aliphatic heterocycles. The van der Waals surface area contributed by atoms with E-state index in [-0.39, 0.29) is 17.4 Å². The van der Waals surface area contributed by atoms with Crippen molar-refractivity contribution in [3.8, 4) is 17.6 Å². The molecule has 1 N–H and O–H groups in total. The number of aliphatic carboxylic acids is 1. The van der Waals surface area contributed by atoms with Gasteiger partial charge in [0.1, 0.15) is 6.07 Å². The Bertz CT molecular complexity index is 534. The van der Waals surface area contributed by atoms with Crippen LogP contribution in [0.15, 0.2) is 18.2 Å². The molecular formula is C13H12ClNO4. The number of halogens is 1. The SMILES string of the molecule is CCOc1cc(C=CC(=O)O)cc(Cl)c1OCC#N. The summed E-state index contributed by atoms with van der Waals surface area (Å²) in [7, 11) is 0. The van der Waals surface area contributed by atoms with E-state index in [1.807, 2.05) is 6.07 Å². The molecule has 0 spiro atoms. The molecule has 100 valence electrons. The molecule has 0 atom stereocenters.